The first-order valence-electron chi connectivity index (χ1n) is 9.48. The van der Waals surface area contributed by atoms with Crippen molar-refractivity contribution in [1.29, 1.82) is 0 Å². The molecular weight excluding hydrogens is 344 g/mol. The SMILES string of the molecule is CN=C(NCC(C)Cc1cccs1)NC1CCc2nc(C(C)C)nn2C1. The summed E-state index contributed by atoms with van der Waals surface area (Å²) >= 11 is 1.83. The summed E-state index contributed by atoms with van der Waals surface area (Å²) in [6.45, 7) is 8.31. The van der Waals surface area contributed by atoms with Gasteiger partial charge in [-0.3, -0.25) is 4.99 Å². The van der Waals surface area contributed by atoms with Crippen molar-refractivity contribution in [3.63, 3.8) is 0 Å². The van der Waals surface area contributed by atoms with E-state index < -0.39 is 0 Å². The van der Waals surface area contributed by atoms with Crippen LogP contribution >= 0.6 is 11.3 Å². The maximum absolute atomic E-state index is 4.66. The topological polar surface area (TPSA) is 67.1 Å². The van der Waals surface area contributed by atoms with E-state index in [-0.39, 0.29) is 0 Å². The molecule has 0 radical (unpaired) electrons. The lowest BCUT2D eigenvalue weighted by atomic mass is 10.1. The largest absolute Gasteiger partial charge is 0.356 e. The van der Waals surface area contributed by atoms with Gasteiger partial charge in [-0.2, -0.15) is 5.10 Å². The average Bonchev–Trinajstić information content (AvgIpc) is 3.27. The van der Waals surface area contributed by atoms with Gasteiger partial charge in [0.25, 0.3) is 0 Å². The fourth-order valence-electron chi connectivity index (χ4n) is 3.19. The standard InChI is InChI=1S/C19H30N6S/c1-13(2)18-23-17-8-7-15(12-25(17)24-18)22-19(20-4)21-11-14(3)10-16-6-5-9-26-16/h5-6,9,13-15H,7-8,10-12H2,1-4H3,(H2,20,21,22). The lowest BCUT2D eigenvalue weighted by Crippen LogP contribution is -2.48. The molecule has 6 nitrogen and oxygen atoms in total. The number of aromatic nitrogens is 3. The molecule has 0 saturated heterocycles. The van der Waals surface area contributed by atoms with E-state index >= 15 is 0 Å². The molecule has 1 aliphatic rings. The molecule has 0 aliphatic carbocycles. The van der Waals surface area contributed by atoms with E-state index in [1.54, 1.807) is 0 Å². The number of hydrogen-bond donors (Lipinski definition) is 2. The lowest BCUT2D eigenvalue weighted by Gasteiger charge is -2.26. The Hall–Kier alpha value is -1.89. The van der Waals surface area contributed by atoms with E-state index in [4.69, 9.17) is 0 Å². The third kappa shape index (κ3) is 4.84. The number of guanidine groups is 1. The first kappa shape index (κ1) is 18.9. The summed E-state index contributed by atoms with van der Waals surface area (Å²) in [6, 6.07) is 4.66. The van der Waals surface area contributed by atoms with Crippen molar-refractivity contribution in [2.45, 2.75) is 58.5 Å². The zero-order chi connectivity index (χ0) is 18.5. The van der Waals surface area contributed by atoms with Crippen LogP contribution in [-0.4, -0.2) is 40.4 Å². The van der Waals surface area contributed by atoms with Gasteiger partial charge in [-0.1, -0.05) is 26.8 Å². The minimum Gasteiger partial charge on any atom is -0.356 e. The number of rotatable bonds is 6. The second kappa shape index (κ2) is 8.66. The van der Waals surface area contributed by atoms with Crippen molar-refractivity contribution in [2.24, 2.45) is 10.9 Å². The van der Waals surface area contributed by atoms with Crippen molar-refractivity contribution in [3.05, 3.63) is 34.0 Å². The van der Waals surface area contributed by atoms with E-state index in [1.165, 1.54) is 4.88 Å². The predicted octanol–water partition coefficient (Wildman–Crippen LogP) is 2.82. The molecule has 0 saturated carbocycles. The third-order valence-electron chi connectivity index (χ3n) is 4.70. The number of hydrogen-bond acceptors (Lipinski definition) is 4. The molecule has 7 heteroatoms. The summed E-state index contributed by atoms with van der Waals surface area (Å²) in [7, 11) is 1.83. The number of fused-ring (bicyclic) bond motifs is 1. The Kier molecular flexibility index (Phi) is 6.29. The van der Waals surface area contributed by atoms with Crippen LogP contribution in [0.3, 0.4) is 0 Å². The van der Waals surface area contributed by atoms with Gasteiger partial charge in [-0.25, -0.2) is 9.67 Å². The van der Waals surface area contributed by atoms with E-state index in [0.29, 0.717) is 17.9 Å². The second-order valence-electron chi connectivity index (χ2n) is 7.44. The van der Waals surface area contributed by atoms with Crippen LogP contribution in [0, 0.1) is 5.92 Å². The molecule has 142 valence electrons. The molecule has 0 fully saturated rings. The lowest BCUT2D eigenvalue weighted by molar-refractivity contribution is 0.390. The van der Waals surface area contributed by atoms with Crippen molar-refractivity contribution in [2.75, 3.05) is 13.6 Å². The van der Waals surface area contributed by atoms with Gasteiger partial charge >= 0.3 is 0 Å². The summed E-state index contributed by atoms with van der Waals surface area (Å²) in [5.74, 6) is 3.87. The van der Waals surface area contributed by atoms with Gasteiger partial charge < -0.3 is 10.6 Å². The Morgan fingerprint density at radius 2 is 2.27 bits per heavy atom. The number of aliphatic imine (C=N–C) groups is 1. The quantitative estimate of drug-likeness (QED) is 0.603. The molecule has 0 amide bonds. The van der Waals surface area contributed by atoms with Crippen LogP contribution in [0.2, 0.25) is 0 Å². The van der Waals surface area contributed by atoms with Gasteiger partial charge in [0.1, 0.15) is 5.82 Å². The Labute approximate surface area is 160 Å². The Bertz CT molecular complexity index is 718. The highest BCUT2D eigenvalue weighted by atomic mass is 32.1. The van der Waals surface area contributed by atoms with Gasteiger partial charge in [-0.15, -0.1) is 11.3 Å². The molecule has 0 bridgehead atoms. The van der Waals surface area contributed by atoms with Gasteiger partial charge in [0, 0.05) is 36.9 Å². The van der Waals surface area contributed by atoms with E-state index in [0.717, 1.165) is 50.0 Å². The van der Waals surface area contributed by atoms with Crippen LogP contribution in [0.4, 0.5) is 0 Å². The number of aryl methyl sites for hydroxylation is 1. The van der Waals surface area contributed by atoms with E-state index in [1.807, 2.05) is 18.4 Å². The number of nitrogens with zero attached hydrogens (tertiary/aromatic N) is 4. The monoisotopic (exact) mass is 374 g/mol. The second-order valence-corrected chi connectivity index (χ2v) is 8.48. The molecule has 26 heavy (non-hydrogen) atoms. The van der Waals surface area contributed by atoms with Crippen LogP contribution < -0.4 is 10.6 Å². The molecule has 1 aliphatic heterocycles. The predicted molar refractivity (Wildman–Crippen MR) is 108 cm³/mol. The maximum Gasteiger partial charge on any atom is 0.191 e. The fraction of sp³-hybridized carbons (Fsp3) is 0.632. The third-order valence-corrected chi connectivity index (χ3v) is 5.60. The minimum absolute atomic E-state index is 0.336. The smallest absolute Gasteiger partial charge is 0.191 e. The zero-order valence-electron chi connectivity index (χ0n) is 16.2. The number of nitrogens with one attached hydrogen (secondary N) is 2. The normalized spacial score (nSPS) is 18.7. The van der Waals surface area contributed by atoms with E-state index in [9.17, 15) is 0 Å². The molecule has 3 heterocycles. The van der Waals surface area contributed by atoms with E-state index in [2.05, 4.69) is 68.7 Å². The highest BCUT2D eigenvalue weighted by Crippen LogP contribution is 2.17. The van der Waals surface area contributed by atoms with Crippen molar-refractivity contribution < 1.29 is 0 Å². The molecular formula is C19H30N6S. The van der Waals surface area contributed by atoms with Gasteiger partial charge in [0.05, 0.1) is 6.54 Å². The Morgan fingerprint density at radius 3 is 2.96 bits per heavy atom. The summed E-state index contributed by atoms with van der Waals surface area (Å²) in [6.07, 6.45) is 3.12. The highest BCUT2D eigenvalue weighted by Gasteiger charge is 2.23. The molecule has 0 aromatic carbocycles. The van der Waals surface area contributed by atoms with Crippen LogP contribution in [0.5, 0.6) is 0 Å². The van der Waals surface area contributed by atoms with Crippen molar-refractivity contribution in [3.8, 4) is 0 Å². The summed E-state index contributed by atoms with van der Waals surface area (Å²) in [5.41, 5.74) is 0. The first-order chi connectivity index (χ1) is 12.5. The first-order valence-corrected chi connectivity index (χ1v) is 10.4. The Balaban J connectivity index is 1.49. The van der Waals surface area contributed by atoms with Crippen molar-refractivity contribution >= 4 is 17.3 Å². The number of thiophene rings is 1. The van der Waals surface area contributed by atoms with Gasteiger partial charge in [0.15, 0.2) is 11.8 Å². The van der Waals surface area contributed by atoms with Crippen LogP contribution in [-0.2, 0) is 19.4 Å². The molecule has 2 aromatic rings. The molecule has 2 atom stereocenters. The molecule has 2 unspecified atom stereocenters. The van der Waals surface area contributed by atoms with Crippen LogP contribution in [0.15, 0.2) is 22.5 Å². The minimum atomic E-state index is 0.336. The van der Waals surface area contributed by atoms with Crippen LogP contribution in [0.25, 0.3) is 0 Å². The molecule has 2 N–H and O–H groups in total. The molecule has 0 spiro atoms. The zero-order valence-corrected chi connectivity index (χ0v) is 17.0. The fourth-order valence-corrected chi connectivity index (χ4v) is 4.06. The van der Waals surface area contributed by atoms with Gasteiger partial charge in [0.2, 0.25) is 0 Å². The van der Waals surface area contributed by atoms with Gasteiger partial charge in [-0.05, 0) is 30.2 Å². The van der Waals surface area contributed by atoms with Crippen LogP contribution in [0.1, 0.15) is 49.6 Å². The summed E-state index contributed by atoms with van der Waals surface area (Å²) < 4.78 is 2.06. The maximum atomic E-state index is 4.66. The highest BCUT2D eigenvalue weighted by molar-refractivity contribution is 7.09. The van der Waals surface area contributed by atoms with Crippen molar-refractivity contribution in [1.82, 2.24) is 25.4 Å². The summed E-state index contributed by atoms with van der Waals surface area (Å²) in [4.78, 5) is 10.5. The molecule has 3 rings (SSSR count). The average molecular weight is 375 g/mol. The summed E-state index contributed by atoms with van der Waals surface area (Å²) in [5, 5.41) is 13.8. The Morgan fingerprint density at radius 1 is 1.42 bits per heavy atom. The molecule has 2 aromatic heterocycles.